The number of rotatable bonds is 2. The molecule has 0 saturated heterocycles. The highest BCUT2D eigenvalue weighted by molar-refractivity contribution is 5.77. The van der Waals surface area contributed by atoms with Crippen molar-refractivity contribution in [1.82, 2.24) is 0 Å². The minimum absolute atomic E-state index is 0.0217. The number of phenolic OH excluding ortho intramolecular Hbond substituents is 1. The molecule has 132 valence electrons. The first kappa shape index (κ1) is 17.3. The summed E-state index contributed by atoms with van der Waals surface area (Å²) in [7, 11) is 1.51. The molecule has 0 bridgehead atoms. The van der Waals surface area contributed by atoms with Gasteiger partial charge in [-0.3, -0.25) is 4.79 Å². The first-order chi connectivity index (χ1) is 11.3. The van der Waals surface area contributed by atoms with E-state index in [1.54, 1.807) is 0 Å². The van der Waals surface area contributed by atoms with Gasteiger partial charge in [-0.1, -0.05) is 33.3 Å². The lowest BCUT2D eigenvalue weighted by Gasteiger charge is -2.54. The maximum absolute atomic E-state index is 12.6. The van der Waals surface area contributed by atoms with Gasteiger partial charge in [-0.05, 0) is 72.6 Å². The van der Waals surface area contributed by atoms with E-state index in [-0.39, 0.29) is 11.4 Å². The summed E-state index contributed by atoms with van der Waals surface area (Å²) in [5, 5.41) is 10.4. The summed E-state index contributed by atoms with van der Waals surface area (Å²) >= 11 is 0. The van der Waals surface area contributed by atoms with Crippen molar-refractivity contribution in [3.63, 3.8) is 0 Å². The number of phenols is 1. The molecule has 3 atom stereocenters. The molecule has 1 aromatic carbocycles. The topological polar surface area (TPSA) is 46.5 Å². The second-order valence-electron chi connectivity index (χ2n) is 8.45. The largest absolute Gasteiger partial charge is 0.508 e. The van der Waals surface area contributed by atoms with Gasteiger partial charge >= 0.3 is 5.97 Å². The highest BCUT2D eigenvalue weighted by Gasteiger charge is 2.55. The Morgan fingerprint density at radius 1 is 1.29 bits per heavy atom. The predicted octanol–water partition coefficient (Wildman–Crippen LogP) is 4.70. The smallest absolute Gasteiger partial charge is 0.311 e. The van der Waals surface area contributed by atoms with E-state index in [1.165, 1.54) is 18.2 Å². The molecule has 0 heterocycles. The van der Waals surface area contributed by atoms with Crippen molar-refractivity contribution in [1.29, 1.82) is 0 Å². The second-order valence-corrected chi connectivity index (χ2v) is 8.45. The molecule has 1 unspecified atom stereocenters. The van der Waals surface area contributed by atoms with Crippen molar-refractivity contribution < 1.29 is 14.6 Å². The van der Waals surface area contributed by atoms with Crippen LogP contribution in [0.25, 0.3) is 0 Å². The van der Waals surface area contributed by atoms with Crippen LogP contribution in [0.1, 0.15) is 76.0 Å². The summed E-state index contributed by atoms with van der Waals surface area (Å²) in [6, 6.07) is 3.96. The molecule has 3 rings (SSSR count). The molecule has 1 aromatic rings. The van der Waals surface area contributed by atoms with Gasteiger partial charge in [0.05, 0.1) is 12.5 Å². The van der Waals surface area contributed by atoms with E-state index < -0.39 is 5.41 Å². The molecule has 0 amide bonds. The van der Waals surface area contributed by atoms with Crippen molar-refractivity contribution in [3.8, 4) is 5.75 Å². The number of ether oxygens (including phenoxy) is 1. The second kappa shape index (κ2) is 5.79. The van der Waals surface area contributed by atoms with Crippen LogP contribution < -0.4 is 0 Å². The molecule has 3 heteroatoms. The molecule has 2 aliphatic rings. The lowest BCUT2D eigenvalue weighted by Crippen LogP contribution is -2.52. The number of aromatic hydroxyl groups is 1. The van der Waals surface area contributed by atoms with Crippen LogP contribution >= 0.6 is 0 Å². The van der Waals surface area contributed by atoms with E-state index >= 15 is 0 Å². The molecule has 1 fully saturated rings. The minimum Gasteiger partial charge on any atom is -0.508 e. The number of hydrogen-bond acceptors (Lipinski definition) is 3. The normalized spacial score (nSPS) is 32.2. The van der Waals surface area contributed by atoms with Gasteiger partial charge in [-0.25, -0.2) is 0 Å². The van der Waals surface area contributed by atoms with Gasteiger partial charge in [0, 0.05) is 0 Å². The summed E-state index contributed by atoms with van der Waals surface area (Å²) < 4.78 is 5.18. The highest BCUT2D eigenvalue weighted by Crippen LogP contribution is 2.58. The number of fused-ring (bicyclic) bond motifs is 3. The molecule has 0 radical (unpaired) electrons. The van der Waals surface area contributed by atoms with Crippen molar-refractivity contribution in [2.24, 2.45) is 11.3 Å². The zero-order valence-corrected chi connectivity index (χ0v) is 15.6. The van der Waals surface area contributed by atoms with E-state index in [1.807, 2.05) is 6.07 Å². The molecule has 3 nitrogen and oxygen atoms in total. The van der Waals surface area contributed by atoms with Gasteiger partial charge < -0.3 is 9.84 Å². The quantitative estimate of drug-likeness (QED) is 0.800. The third-order valence-electron chi connectivity index (χ3n) is 6.79. The number of carbonyl (C=O) groups is 1. The fourth-order valence-corrected chi connectivity index (χ4v) is 5.70. The summed E-state index contributed by atoms with van der Waals surface area (Å²) in [5.74, 6) is 0.945. The molecule has 0 aliphatic heterocycles. The van der Waals surface area contributed by atoms with Crippen LogP contribution in [0.2, 0.25) is 0 Å². The maximum atomic E-state index is 12.6. The van der Waals surface area contributed by atoms with Crippen LogP contribution in [0.3, 0.4) is 0 Å². The third kappa shape index (κ3) is 2.28. The number of benzene rings is 1. The Morgan fingerprint density at radius 2 is 2.00 bits per heavy atom. The number of hydrogen-bond donors (Lipinski definition) is 1. The van der Waals surface area contributed by atoms with Crippen LogP contribution in [-0.2, 0) is 21.4 Å². The highest BCUT2D eigenvalue weighted by atomic mass is 16.5. The number of methoxy groups -OCH3 is 1. The maximum Gasteiger partial charge on any atom is 0.311 e. The Kier molecular flexibility index (Phi) is 4.17. The average molecular weight is 330 g/mol. The fraction of sp³-hybridized carbons (Fsp3) is 0.667. The Labute approximate surface area is 145 Å². The van der Waals surface area contributed by atoms with Gasteiger partial charge in [0.2, 0.25) is 0 Å². The zero-order chi connectivity index (χ0) is 17.7. The fourth-order valence-electron chi connectivity index (χ4n) is 5.70. The summed E-state index contributed by atoms with van der Waals surface area (Å²) in [6.07, 6.45) is 4.96. The zero-order valence-electron chi connectivity index (χ0n) is 15.6. The monoisotopic (exact) mass is 330 g/mol. The molecule has 0 spiro atoms. The van der Waals surface area contributed by atoms with Crippen molar-refractivity contribution in [3.05, 3.63) is 28.8 Å². The number of carbonyl (C=O) groups excluding carboxylic acids is 1. The minimum atomic E-state index is -0.407. The van der Waals surface area contributed by atoms with E-state index in [0.29, 0.717) is 17.6 Å². The summed E-state index contributed by atoms with van der Waals surface area (Å²) in [4.78, 5) is 12.6. The molecule has 24 heavy (non-hydrogen) atoms. The van der Waals surface area contributed by atoms with Crippen molar-refractivity contribution in [2.75, 3.05) is 7.11 Å². The summed E-state index contributed by atoms with van der Waals surface area (Å²) in [6.45, 7) is 8.69. The first-order valence-electron chi connectivity index (χ1n) is 9.19. The lowest BCUT2D eigenvalue weighted by atomic mass is 9.49. The van der Waals surface area contributed by atoms with E-state index in [9.17, 15) is 9.90 Å². The molecular formula is C21H30O3. The van der Waals surface area contributed by atoms with Crippen LogP contribution in [0.15, 0.2) is 12.1 Å². The summed E-state index contributed by atoms with van der Waals surface area (Å²) in [5.41, 5.74) is 3.33. The molecule has 1 N–H and O–H groups in total. The Hall–Kier alpha value is -1.51. The van der Waals surface area contributed by atoms with Crippen molar-refractivity contribution >= 4 is 5.97 Å². The van der Waals surface area contributed by atoms with E-state index in [4.69, 9.17) is 4.74 Å². The molecule has 0 aromatic heterocycles. The molecule has 1 saturated carbocycles. The third-order valence-corrected chi connectivity index (χ3v) is 6.79. The average Bonchev–Trinajstić information content (AvgIpc) is 2.52. The van der Waals surface area contributed by atoms with Crippen LogP contribution in [0, 0.1) is 11.3 Å². The van der Waals surface area contributed by atoms with Crippen LogP contribution in [0.5, 0.6) is 5.75 Å². The predicted molar refractivity (Wildman–Crippen MR) is 95.3 cm³/mol. The Balaban J connectivity index is 2.15. The standard InChI is InChI=1S/C21H30O3/c1-13(2)18-14-7-10-17-20(3,15(14)8-9-16(18)22)11-6-12-21(17,4)19(23)24-5/h8-9,13,17,22H,6-7,10-12H2,1-5H3/t17?,20-,21-/m1/s1. The SMILES string of the molecule is COC(=O)[C@]1(C)CCC[C@]2(C)c3ccc(O)c(C(C)C)c3CCC12. The van der Waals surface area contributed by atoms with E-state index in [0.717, 1.165) is 37.7 Å². The molecular weight excluding hydrogens is 300 g/mol. The van der Waals surface area contributed by atoms with E-state index in [2.05, 4.69) is 33.8 Å². The Morgan fingerprint density at radius 3 is 2.62 bits per heavy atom. The van der Waals surface area contributed by atoms with Gasteiger partial charge in [0.1, 0.15) is 5.75 Å². The van der Waals surface area contributed by atoms with Crippen LogP contribution in [0.4, 0.5) is 0 Å². The van der Waals surface area contributed by atoms with Crippen LogP contribution in [-0.4, -0.2) is 18.2 Å². The van der Waals surface area contributed by atoms with Crippen molar-refractivity contribution in [2.45, 2.75) is 71.1 Å². The van der Waals surface area contributed by atoms with Gasteiger partial charge in [0.15, 0.2) is 0 Å². The first-order valence-corrected chi connectivity index (χ1v) is 9.19. The van der Waals surface area contributed by atoms with Gasteiger partial charge in [-0.2, -0.15) is 0 Å². The lowest BCUT2D eigenvalue weighted by molar-refractivity contribution is -0.161. The molecule has 2 aliphatic carbocycles. The number of esters is 1. The Bertz CT molecular complexity index is 663. The van der Waals surface area contributed by atoms with Gasteiger partial charge in [0.25, 0.3) is 0 Å². The van der Waals surface area contributed by atoms with Gasteiger partial charge in [-0.15, -0.1) is 0 Å².